The topological polar surface area (TPSA) is 128 Å². The smallest absolute Gasteiger partial charge is 0.331 e. The monoisotopic (exact) mass is 545 g/mol. The Bertz CT molecular complexity index is 1460. The van der Waals surface area contributed by atoms with Gasteiger partial charge in [-0.1, -0.05) is 17.3 Å². The van der Waals surface area contributed by atoms with Gasteiger partial charge < -0.3 is 10.5 Å². The number of aliphatic imine (C=N–C) groups is 1. The van der Waals surface area contributed by atoms with Crippen LogP contribution in [0.15, 0.2) is 35.7 Å². The Balaban J connectivity index is 1.76. The molecule has 1 fully saturated rings. The predicted molar refractivity (Wildman–Crippen MR) is 133 cm³/mol. The zero-order valence-corrected chi connectivity index (χ0v) is 20.5. The molecule has 4 rings (SSSR count). The van der Waals surface area contributed by atoms with Gasteiger partial charge in [-0.25, -0.2) is 13.8 Å². The number of pyridine rings is 2. The average molecular weight is 546 g/mol. The lowest BCUT2D eigenvalue weighted by Gasteiger charge is -2.15. The summed E-state index contributed by atoms with van der Waals surface area (Å²) in [5, 5.41) is 11.0. The van der Waals surface area contributed by atoms with E-state index in [0.29, 0.717) is 10.9 Å². The molecule has 38 heavy (non-hydrogen) atoms. The first-order chi connectivity index (χ1) is 18.3. The summed E-state index contributed by atoms with van der Waals surface area (Å²) in [6.45, 7) is -2.99. The number of nitrogens with one attached hydrogen (secondary N) is 1. The van der Waals surface area contributed by atoms with E-state index in [4.69, 9.17) is 10.5 Å². The number of carbonyl (C=O) groups is 1. The number of alkyl halides is 4. The lowest BCUT2D eigenvalue weighted by atomic mass is 9.98. The van der Waals surface area contributed by atoms with Crippen molar-refractivity contribution in [2.75, 3.05) is 12.4 Å². The van der Waals surface area contributed by atoms with Gasteiger partial charge in [0, 0.05) is 41.2 Å². The maximum atomic E-state index is 13.5. The van der Waals surface area contributed by atoms with E-state index in [2.05, 4.69) is 42.3 Å². The molecule has 196 valence electrons. The number of aromatic nitrogens is 4. The van der Waals surface area contributed by atoms with Gasteiger partial charge in [-0.2, -0.15) is 8.78 Å². The third-order valence-corrected chi connectivity index (χ3v) is 5.93. The molecule has 3 N–H and O–H groups in total. The number of hydrogen-bond acceptors (Lipinski definition) is 9. The molecule has 1 aliphatic rings. The number of anilines is 1. The first kappa shape index (κ1) is 26.7. The molecular formula is C24H19F4N7O2S. The van der Waals surface area contributed by atoms with E-state index in [0.717, 1.165) is 55.1 Å². The Hall–Kier alpha value is -4.38. The van der Waals surface area contributed by atoms with Gasteiger partial charge >= 0.3 is 6.55 Å². The summed E-state index contributed by atoms with van der Waals surface area (Å²) < 4.78 is 57.5. The van der Waals surface area contributed by atoms with Crippen LogP contribution in [0.4, 0.5) is 22.7 Å². The normalized spacial score (nSPS) is 13.6. The van der Waals surface area contributed by atoms with E-state index in [9.17, 15) is 22.4 Å². The highest BCUT2D eigenvalue weighted by Gasteiger charge is 2.22. The third kappa shape index (κ3) is 6.48. The van der Waals surface area contributed by atoms with Crippen LogP contribution in [0.3, 0.4) is 0 Å². The van der Waals surface area contributed by atoms with Crippen LogP contribution in [-0.2, 0) is 0 Å². The predicted octanol–water partition coefficient (Wildman–Crippen LogP) is 4.55. The highest BCUT2D eigenvalue weighted by molar-refractivity contribution is 7.15. The molecule has 1 amide bonds. The maximum absolute atomic E-state index is 13.5. The Kier molecular flexibility index (Phi) is 8.27. The lowest BCUT2D eigenvalue weighted by molar-refractivity contribution is 0.102. The van der Waals surface area contributed by atoms with E-state index in [1.165, 1.54) is 13.2 Å². The number of hydrogen-bond donors (Lipinski definition) is 2. The van der Waals surface area contributed by atoms with Gasteiger partial charge in [-0.3, -0.25) is 20.1 Å². The first-order valence-corrected chi connectivity index (χ1v) is 11.8. The highest BCUT2D eigenvalue weighted by atomic mass is 32.1. The van der Waals surface area contributed by atoms with E-state index >= 15 is 0 Å². The second-order valence-electron chi connectivity index (χ2n) is 7.81. The highest BCUT2D eigenvalue weighted by Crippen LogP contribution is 2.36. The number of nitrogens with zero attached hydrogens (tertiary/aromatic N) is 5. The van der Waals surface area contributed by atoms with Gasteiger partial charge in [0.2, 0.25) is 5.13 Å². The number of nitrogens with two attached hydrogens (primary N) is 1. The lowest BCUT2D eigenvalue weighted by Crippen LogP contribution is -2.14. The minimum Gasteiger partial charge on any atom is -0.494 e. The molecular weight excluding hydrogens is 526 g/mol. The Morgan fingerprint density at radius 3 is 2.66 bits per heavy atom. The number of amides is 1. The van der Waals surface area contributed by atoms with Crippen molar-refractivity contribution >= 4 is 34.2 Å². The number of allylic oxidation sites excluding steroid dienone is 1. The molecule has 9 nitrogen and oxygen atoms in total. The van der Waals surface area contributed by atoms with Crippen LogP contribution in [0.2, 0.25) is 0 Å². The number of methoxy groups -OCH3 is 1. The molecule has 3 heterocycles. The fraction of sp³-hybridized carbons (Fsp3) is 0.250. The summed E-state index contributed by atoms with van der Waals surface area (Å²) in [4.78, 5) is 24.1. The Morgan fingerprint density at radius 2 is 2.00 bits per heavy atom. The van der Waals surface area contributed by atoms with Crippen LogP contribution in [0.1, 0.15) is 46.0 Å². The van der Waals surface area contributed by atoms with Gasteiger partial charge in [-0.15, -0.1) is 10.2 Å². The third-order valence-electron chi connectivity index (χ3n) is 5.18. The van der Waals surface area contributed by atoms with Crippen LogP contribution in [0.25, 0.3) is 16.7 Å². The summed E-state index contributed by atoms with van der Waals surface area (Å²) in [5.41, 5.74) is 5.18. The molecule has 3 aromatic rings. The zero-order chi connectivity index (χ0) is 27.2. The van der Waals surface area contributed by atoms with Gasteiger partial charge in [0.25, 0.3) is 12.3 Å². The van der Waals surface area contributed by atoms with Gasteiger partial charge in [0.05, 0.1) is 24.6 Å². The second kappa shape index (κ2) is 11.8. The largest absolute Gasteiger partial charge is 0.494 e. The molecule has 0 saturated heterocycles. The van der Waals surface area contributed by atoms with Gasteiger partial charge in [-0.05, 0) is 30.9 Å². The van der Waals surface area contributed by atoms with Crippen molar-refractivity contribution in [1.29, 1.82) is 0 Å². The van der Waals surface area contributed by atoms with E-state index in [-0.39, 0.29) is 38.8 Å². The molecule has 1 aliphatic carbocycles. The summed E-state index contributed by atoms with van der Waals surface area (Å²) >= 11 is 1.07. The maximum Gasteiger partial charge on any atom is 0.331 e. The van der Waals surface area contributed by atoms with Crippen molar-refractivity contribution in [1.82, 2.24) is 20.2 Å². The van der Waals surface area contributed by atoms with Crippen molar-refractivity contribution < 1.29 is 27.1 Å². The molecule has 3 aromatic heterocycles. The van der Waals surface area contributed by atoms with Crippen molar-refractivity contribution in [3.63, 3.8) is 0 Å². The fourth-order valence-electron chi connectivity index (χ4n) is 3.18. The van der Waals surface area contributed by atoms with Crippen molar-refractivity contribution in [3.8, 4) is 28.7 Å². The van der Waals surface area contributed by atoms with E-state index in [1.807, 2.05) is 0 Å². The molecule has 0 bridgehead atoms. The standard InChI is InChI=1S/C24H19F4N7O2S/c1-37-19-11-31-18(21(25)26)7-15(19)14-6-17(13(8-29)9-32-23(27)28)30-10-16(14)22(36)33-24-35-34-20(38-24)5-4-12-2-3-12/h6-12,21,23H,2-3,29H2,1H3,(H,33,35,36). The van der Waals surface area contributed by atoms with Crippen LogP contribution >= 0.6 is 11.3 Å². The quantitative estimate of drug-likeness (QED) is 0.184. The van der Waals surface area contributed by atoms with Gasteiger partial charge in [0.15, 0.2) is 5.01 Å². The summed E-state index contributed by atoms with van der Waals surface area (Å²) in [5.74, 6) is 5.71. The zero-order valence-electron chi connectivity index (χ0n) is 19.7. The molecule has 1 saturated carbocycles. The number of ether oxygens (including phenoxy) is 1. The number of rotatable bonds is 8. The first-order valence-electron chi connectivity index (χ1n) is 11.0. The molecule has 0 atom stereocenters. The van der Waals surface area contributed by atoms with Crippen LogP contribution in [0, 0.1) is 17.8 Å². The average Bonchev–Trinajstić information content (AvgIpc) is 3.64. The van der Waals surface area contributed by atoms with Crippen molar-refractivity contribution in [2.24, 2.45) is 16.6 Å². The summed E-state index contributed by atoms with van der Waals surface area (Å²) in [6.07, 6.45) is 3.23. The Labute approximate surface area is 217 Å². The van der Waals surface area contributed by atoms with Crippen LogP contribution in [0.5, 0.6) is 5.75 Å². The molecule has 0 aromatic carbocycles. The molecule has 0 aliphatic heterocycles. The number of halogens is 4. The van der Waals surface area contributed by atoms with Crippen molar-refractivity contribution in [2.45, 2.75) is 25.8 Å². The second-order valence-corrected chi connectivity index (χ2v) is 8.79. The molecule has 14 heteroatoms. The molecule has 0 radical (unpaired) electrons. The van der Waals surface area contributed by atoms with Gasteiger partial charge in [0.1, 0.15) is 11.4 Å². The Morgan fingerprint density at radius 1 is 1.21 bits per heavy atom. The minimum absolute atomic E-state index is 0.00335. The van der Waals surface area contributed by atoms with Crippen molar-refractivity contribution in [3.05, 3.63) is 52.7 Å². The fourth-order valence-corrected chi connectivity index (χ4v) is 3.78. The molecule has 0 unspecified atom stereocenters. The van der Waals surface area contributed by atoms with Crippen LogP contribution in [-0.4, -0.2) is 45.9 Å². The summed E-state index contributed by atoms with van der Waals surface area (Å²) in [7, 11) is 1.30. The van der Waals surface area contributed by atoms with E-state index < -0.39 is 24.6 Å². The summed E-state index contributed by atoms with van der Waals surface area (Å²) in [6, 6.07) is 2.39. The SMILES string of the molecule is COc1cnc(C(F)F)cc1-c1cc(C(C=NC(F)F)=CN)ncc1C(=O)Nc1nnc(C#CC2CC2)s1. The molecule has 0 spiro atoms. The number of carbonyl (C=O) groups excluding carboxylic acids is 1. The van der Waals surface area contributed by atoms with Crippen LogP contribution < -0.4 is 15.8 Å². The van der Waals surface area contributed by atoms with E-state index in [1.54, 1.807) is 0 Å². The minimum atomic E-state index is -2.99.